The van der Waals surface area contributed by atoms with Crippen molar-refractivity contribution in [3.63, 3.8) is 0 Å². The third-order valence-electron chi connectivity index (χ3n) is 2.80. The van der Waals surface area contributed by atoms with Crippen molar-refractivity contribution < 1.29 is 13.9 Å². The molecule has 1 N–H and O–H groups in total. The van der Waals surface area contributed by atoms with Gasteiger partial charge in [-0.1, -0.05) is 24.3 Å². The Hall–Kier alpha value is -2.36. The molecule has 2 aromatic carbocycles. The summed E-state index contributed by atoms with van der Waals surface area (Å²) in [7, 11) is 0. The Labute approximate surface area is 117 Å². The number of anilines is 1. The highest BCUT2D eigenvalue weighted by Crippen LogP contribution is 2.16. The van der Waals surface area contributed by atoms with Crippen LogP contribution in [-0.4, -0.2) is 12.0 Å². The van der Waals surface area contributed by atoms with E-state index in [4.69, 9.17) is 4.74 Å². The molecule has 2 aromatic rings. The zero-order valence-corrected chi connectivity index (χ0v) is 11.4. The Balaban J connectivity index is 2.01. The van der Waals surface area contributed by atoms with Gasteiger partial charge in [-0.2, -0.15) is 0 Å². The molecule has 0 aliphatic heterocycles. The molecule has 2 rings (SSSR count). The van der Waals surface area contributed by atoms with Gasteiger partial charge in [-0.25, -0.2) is 4.39 Å². The normalized spacial score (nSPS) is 11.8. The Morgan fingerprint density at radius 3 is 2.65 bits per heavy atom. The first-order valence-electron chi connectivity index (χ1n) is 6.35. The Morgan fingerprint density at radius 1 is 1.20 bits per heavy atom. The molecular formula is C16H16FNO2. The highest BCUT2D eigenvalue weighted by atomic mass is 19.1. The van der Waals surface area contributed by atoms with Crippen molar-refractivity contribution in [1.82, 2.24) is 0 Å². The molecule has 0 spiro atoms. The number of carbonyl (C=O) groups excluding carboxylic acids is 1. The minimum absolute atomic E-state index is 0.150. The van der Waals surface area contributed by atoms with Gasteiger partial charge in [0.15, 0.2) is 6.10 Å². The van der Waals surface area contributed by atoms with Gasteiger partial charge in [0.1, 0.15) is 11.6 Å². The second kappa shape index (κ2) is 6.19. The molecule has 1 atom stereocenters. The van der Waals surface area contributed by atoms with E-state index in [1.54, 1.807) is 25.1 Å². The summed E-state index contributed by atoms with van der Waals surface area (Å²) in [6.07, 6.45) is -0.712. The number of nitrogens with one attached hydrogen (secondary N) is 1. The van der Waals surface area contributed by atoms with Crippen LogP contribution < -0.4 is 10.1 Å². The lowest BCUT2D eigenvalue weighted by atomic mass is 10.2. The van der Waals surface area contributed by atoms with E-state index in [1.807, 2.05) is 25.1 Å². The third kappa shape index (κ3) is 3.57. The zero-order chi connectivity index (χ0) is 14.5. The molecule has 0 heterocycles. The lowest BCUT2D eigenvalue weighted by molar-refractivity contribution is -0.122. The summed E-state index contributed by atoms with van der Waals surface area (Å²) in [5.41, 5.74) is 1.20. The molecule has 0 radical (unpaired) electrons. The van der Waals surface area contributed by atoms with Gasteiger partial charge >= 0.3 is 0 Å². The molecule has 1 amide bonds. The molecule has 3 nitrogen and oxygen atoms in total. The first-order valence-corrected chi connectivity index (χ1v) is 6.35. The van der Waals surface area contributed by atoms with E-state index in [0.29, 0.717) is 5.75 Å². The fourth-order valence-corrected chi connectivity index (χ4v) is 1.74. The lowest BCUT2D eigenvalue weighted by Gasteiger charge is -2.15. The standard InChI is InChI=1S/C16H16FNO2/c1-11-6-5-7-13(10-11)20-12(2)16(19)18-15-9-4-3-8-14(15)17/h3-10,12H,1-2H3,(H,18,19)/t12-/m1/s1. The van der Waals surface area contributed by atoms with E-state index in [-0.39, 0.29) is 5.69 Å². The van der Waals surface area contributed by atoms with Gasteiger partial charge in [-0.05, 0) is 43.7 Å². The molecule has 0 saturated heterocycles. The number of amides is 1. The molecule has 0 aromatic heterocycles. The number of ether oxygens (including phenoxy) is 1. The monoisotopic (exact) mass is 273 g/mol. The van der Waals surface area contributed by atoms with Gasteiger partial charge < -0.3 is 10.1 Å². The number of para-hydroxylation sites is 1. The number of benzene rings is 2. The number of hydrogen-bond donors (Lipinski definition) is 1. The number of halogens is 1. The highest BCUT2D eigenvalue weighted by molar-refractivity contribution is 5.94. The summed E-state index contributed by atoms with van der Waals surface area (Å²) >= 11 is 0. The fraction of sp³-hybridized carbons (Fsp3) is 0.188. The maximum absolute atomic E-state index is 13.4. The molecule has 20 heavy (non-hydrogen) atoms. The summed E-state index contributed by atoms with van der Waals surface area (Å²) < 4.78 is 19.0. The maximum Gasteiger partial charge on any atom is 0.265 e. The Morgan fingerprint density at radius 2 is 1.95 bits per heavy atom. The summed E-state index contributed by atoms with van der Waals surface area (Å²) in [6.45, 7) is 3.56. The molecule has 104 valence electrons. The zero-order valence-electron chi connectivity index (χ0n) is 11.4. The first kappa shape index (κ1) is 14.1. The predicted molar refractivity (Wildman–Crippen MR) is 76.3 cm³/mol. The van der Waals surface area contributed by atoms with E-state index in [0.717, 1.165) is 5.56 Å². The number of aryl methyl sites for hydroxylation is 1. The van der Waals surface area contributed by atoms with E-state index >= 15 is 0 Å². The van der Waals surface area contributed by atoms with Gasteiger partial charge in [-0.15, -0.1) is 0 Å². The van der Waals surface area contributed by atoms with Crippen molar-refractivity contribution in [1.29, 1.82) is 0 Å². The topological polar surface area (TPSA) is 38.3 Å². The van der Waals surface area contributed by atoms with Crippen LogP contribution in [0.2, 0.25) is 0 Å². The molecule has 0 unspecified atom stereocenters. The van der Waals surface area contributed by atoms with E-state index < -0.39 is 17.8 Å². The minimum atomic E-state index is -0.712. The molecule has 4 heteroatoms. The molecular weight excluding hydrogens is 257 g/mol. The lowest BCUT2D eigenvalue weighted by Crippen LogP contribution is -2.30. The van der Waals surface area contributed by atoms with Crippen LogP contribution in [0, 0.1) is 12.7 Å². The molecule has 0 bridgehead atoms. The van der Waals surface area contributed by atoms with Crippen LogP contribution in [-0.2, 0) is 4.79 Å². The van der Waals surface area contributed by atoms with E-state index in [9.17, 15) is 9.18 Å². The summed E-state index contributed by atoms with van der Waals surface area (Å²) in [5, 5.41) is 2.51. The quantitative estimate of drug-likeness (QED) is 0.925. The Kier molecular flexibility index (Phi) is 4.35. The van der Waals surface area contributed by atoms with Crippen LogP contribution in [0.15, 0.2) is 48.5 Å². The summed E-state index contributed by atoms with van der Waals surface area (Å²) in [4.78, 5) is 12.0. The SMILES string of the molecule is Cc1cccc(O[C@H](C)C(=O)Nc2ccccc2F)c1. The second-order valence-corrected chi connectivity index (χ2v) is 4.55. The summed E-state index contributed by atoms with van der Waals surface area (Å²) in [6, 6.07) is 13.4. The second-order valence-electron chi connectivity index (χ2n) is 4.55. The Bertz CT molecular complexity index is 613. The average molecular weight is 273 g/mol. The van der Waals surface area contributed by atoms with Gasteiger partial charge in [0.2, 0.25) is 0 Å². The highest BCUT2D eigenvalue weighted by Gasteiger charge is 2.16. The van der Waals surface area contributed by atoms with Crippen LogP contribution in [0.4, 0.5) is 10.1 Å². The van der Waals surface area contributed by atoms with Crippen LogP contribution >= 0.6 is 0 Å². The number of rotatable bonds is 4. The van der Waals surface area contributed by atoms with Crippen molar-refractivity contribution in [2.45, 2.75) is 20.0 Å². The van der Waals surface area contributed by atoms with Crippen molar-refractivity contribution in [2.24, 2.45) is 0 Å². The van der Waals surface area contributed by atoms with Crippen molar-refractivity contribution >= 4 is 11.6 Å². The molecule has 0 aliphatic carbocycles. The predicted octanol–water partition coefficient (Wildman–Crippen LogP) is 3.54. The van der Waals surface area contributed by atoms with E-state index in [2.05, 4.69) is 5.32 Å². The summed E-state index contributed by atoms with van der Waals surface area (Å²) in [5.74, 6) is -0.249. The number of hydrogen-bond acceptors (Lipinski definition) is 2. The van der Waals surface area contributed by atoms with Crippen LogP contribution in [0.25, 0.3) is 0 Å². The van der Waals surface area contributed by atoms with Crippen LogP contribution in [0.1, 0.15) is 12.5 Å². The van der Waals surface area contributed by atoms with Crippen molar-refractivity contribution in [3.8, 4) is 5.75 Å². The first-order chi connectivity index (χ1) is 9.56. The maximum atomic E-state index is 13.4. The molecule has 0 aliphatic rings. The van der Waals surface area contributed by atoms with Gasteiger partial charge in [0.25, 0.3) is 5.91 Å². The van der Waals surface area contributed by atoms with Crippen LogP contribution in [0.3, 0.4) is 0 Å². The van der Waals surface area contributed by atoms with E-state index in [1.165, 1.54) is 12.1 Å². The molecule has 0 saturated carbocycles. The van der Waals surface area contributed by atoms with Crippen LogP contribution in [0.5, 0.6) is 5.75 Å². The fourth-order valence-electron chi connectivity index (χ4n) is 1.74. The minimum Gasteiger partial charge on any atom is -0.481 e. The van der Waals surface area contributed by atoms with Gasteiger partial charge in [0, 0.05) is 0 Å². The van der Waals surface area contributed by atoms with Gasteiger partial charge in [-0.3, -0.25) is 4.79 Å². The smallest absolute Gasteiger partial charge is 0.265 e. The van der Waals surface area contributed by atoms with Crippen molar-refractivity contribution in [2.75, 3.05) is 5.32 Å². The third-order valence-corrected chi connectivity index (χ3v) is 2.80. The largest absolute Gasteiger partial charge is 0.481 e. The van der Waals surface area contributed by atoms with Gasteiger partial charge in [0.05, 0.1) is 5.69 Å². The number of carbonyl (C=O) groups is 1. The molecule has 0 fully saturated rings. The average Bonchev–Trinajstić information content (AvgIpc) is 2.41. The van der Waals surface area contributed by atoms with Crippen molar-refractivity contribution in [3.05, 3.63) is 59.9 Å².